The van der Waals surface area contributed by atoms with Gasteiger partial charge in [0, 0.05) is 10.0 Å². The van der Waals surface area contributed by atoms with Crippen molar-refractivity contribution >= 4 is 98.0 Å². The average molecular weight is 443 g/mol. The fraction of sp³-hybridized carbons (Fsp3) is 0. The molecule has 0 heterocycles. The first-order valence-electron chi connectivity index (χ1n) is 5.24. The van der Waals surface area contributed by atoms with Gasteiger partial charge in [-0.15, -0.1) is 0 Å². The molecule has 0 fully saturated rings. The van der Waals surface area contributed by atoms with Gasteiger partial charge in [-0.2, -0.15) is 0 Å². The van der Waals surface area contributed by atoms with Crippen LogP contribution in [-0.2, 0) is 4.57 Å². The third-order valence-corrected chi connectivity index (χ3v) is 7.82. The largest absolute Gasteiger partial charge is 0.296 e. The summed E-state index contributed by atoms with van der Waals surface area (Å²) in [6.07, 6.45) is 0. The molecule has 21 heavy (non-hydrogen) atoms. The Balaban J connectivity index is 2.78. The summed E-state index contributed by atoms with van der Waals surface area (Å²) in [5.41, 5.74) is 0. The summed E-state index contributed by atoms with van der Waals surface area (Å²) in [5.74, 6) is 0. The maximum atomic E-state index is 13.1. The Morgan fingerprint density at radius 2 is 0.857 bits per heavy atom. The van der Waals surface area contributed by atoms with Gasteiger partial charge in [-0.05, 0) is 35.5 Å². The van der Waals surface area contributed by atoms with E-state index in [1.54, 1.807) is 0 Å². The minimum absolute atomic E-state index is 0.0306. The second kappa shape index (κ2) is 6.67. The minimum Gasteiger partial charge on any atom is -0.296 e. The molecule has 2 rings (SSSR count). The lowest BCUT2D eigenvalue weighted by atomic mass is 10.3. The van der Waals surface area contributed by atoms with E-state index < -0.39 is 6.49 Å². The van der Waals surface area contributed by atoms with Crippen LogP contribution in [0.5, 0.6) is 0 Å². The van der Waals surface area contributed by atoms with Crippen molar-refractivity contribution in [1.29, 1.82) is 0 Å². The van der Waals surface area contributed by atoms with Crippen molar-refractivity contribution in [1.82, 2.24) is 0 Å². The van der Waals surface area contributed by atoms with Crippen molar-refractivity contribution in [2.45, 2.75) is 0 Å². The van der Waals surface area contributed by atoms with Gasteiger partial charge in [-0.25, -0.2) is 0 Å². The normalized spacial score (nSPS) is 11.8. The minimum atomic E-state index is -3.76. The second-order valence-electron chi connectivity index (χ2n) is 3.97. The lowest BCUT2D eigenvalue weighted by Crippen LogP contribution is -2.17. The summed E-state index contributed by atoms with van der Waals surface area (Å²) in [6.45, 7) is -3.76. The van der Waals surface area contributed by atoms with Crippen molar-refractivity contribution in [2.75, 3.05) is 0 Å². The molecule has 2 aromatic rings. The maximum absolute atomic E-state index is 13.1. The molecule has 0 bridgehead atoms. The highest BCUT2D eigenvalue weighted by Gasteiger charge is 2.34. The summed E-state index contributed by atoms with van der Waals surface area (Å²) in [6, 6.07) is 5.54. The molecule has 0 atom stereocenters. The van der Waals surface area contributed by atoms with Gasteiger partial charge < -0.3 is 0 Å². The molecule has 0 N–H and O–H groups in total. The molecule has 0 saturated carbocycles. The molecule has 0 aromatic heterocycles. The van der Waals surface area contributed by atoms with E-state index in [0.29, 0.717) is 10.0 Å². The van der Waals surface area contributed by atoms with E-state index in [1.165, 1.54) is 24.3 Å². The molecule has 0 aliphatic heterocycles. The highest BCUT2D eigenvalue weighted by Crippen LogP contribution is 2.55. The molecule has 0 radical (unpaired) electrons. The van der Waals surface area contributed by atoms with Gasteiger partial charge in [-0.3, -0.25) is 4.57 Å². The van der Waals surface area contributed by atoms with Gasteiger partial charge in [0.1, 0.15) is 0 Å². The predicted octanol–water partition coefficient (Wildman–Crippen LogP) is 7.07. The Hall–Kier alpha value is 0.700. The molecule has 0 saturated heterocycles. The smallest absolute Gasteiger partial charge is 0.231 e. The van der Waals surface area contributed by atoms with E-state index in [0.717, 1.165) is 0 Å². The number of hydrogen-bond acceptors (Lipinski definition) is 1. The van der Waals surface area contributed by atoms with E-state index in [-0.39, 0.29) is 30.7 Å². The Labute approximate surface area is 156 Å². The second-order valence-corrected chi connectivity index (χ2v) is 9.86. The van der Waals surface area contributed by atoms with Crippen LogP contribution in [0.2, 0.25) is 30.1 Å². The van der Waals surface area contributed by atoms with Gasteiger partial charge in [0.25, 0.3) is 0 Å². The van der Waals surface area contributed by atoms with Crippen LogP contribution in [0.3, 0.4) is 0 Å². The zero-order valence-corrected chi connectivity index (χ0v) is 16.0. The summed E-state index contributed by atoms with van der Waals surface area (Å²) < 4.78 is 13.1. The van der Waals surface area contributed by atoms with Crippen LogP contribution < -0.4 is 10.6 Å². The molecule has 0 unspecified atom stereocenters. The maximum Gasteiger partial charge on any atom is 0.231 e. The van der Waals surface area contributed by atoms with E-state index >= 15 is 0 Å². The molecular formula is C12H4Cl7OP. The molecule has 2 aromatic carbocycles. The molecule has 0 aliphatic rings. The first-order chi connectivity index (χ1) is 9.64. The van der Waals surface area contributed by atoms with Crippen LogP contribution in [0, 0.1) is 0 Å². The van der Waals surface area contributed by atoms with Crippen molar-refractivity contribution in [3.05, 3.63) is 54.4 Å². The van der Waals surface area contributed by atoms with Crippen LogP contribution >= 0.6 is 87.3 Å². The van der Waals surface area contributed by atoms with Gasteiger partial charge in [0.2, 0.25) is 6.49 Å². The van der Waals surface area contributed by atoms with Gasteiger partial charge in [0.05, 0.1) is 30.7 Å². The number of hydrogen-bond donors (Lipinski definition) is 0. The Bertz CT molecular complexity index is 667. The van der Waals surface area contributed by atoms with E-state index in [2.05, 4.69) is 0 Å². The van der Waals surface area contributed by atoms with Crippen molar-refractivity contribution in [3.63, 3.8) is 0 Å². The molecule has 112 valence electrons. The average Bonchev–Trinajstić information content (AvgIpc) is 2.23. The quantitative estimate of drug-likeness (QED) is 0.454. The van der Waals surface area contributed by atoms with Crippen LogP contribution in [0.4, 0.5) is 0 Å². The van der Waals surface area contributed by atoms with Crippen LogP contribution in [0.1, 0.15) is 0 Å². The standard InChI is InChI=1S/C12H4Cl7OP/c13-5-1-7(15)11(8(16)2-5)21(19,20)12-9(17)3-6(14)4-10(12)18/h1-4H. The molecule has 0 amide bonds. The molecule has 0 spiro atoms. The summed E-state index contributed by atoms with van der Waals surface area (Å²) in [5, 5.41) is 0.894. The lowest BCUT2D eigenvalue weighted by molar-refractivity contribution is 0.595. The number of rotatable bonds is 2. The first-order valence-corrected chi connectivity index (χ1v) is 10.1. The molecule has 0 aliphatic carbocycles. The monoisotopic (exact) mass is 440 g/mol. The Morgan fingerprint density at radius 3 is 1.10 bits per heavy atom. The van der Waals surface area contributed by atoms with E-state index in [4.69, 9.17) is 80.8 Å². The zero-order valence-electron chi connectivity index (χ0n) is 9.81. The van der Waals surface area contributed by atoms with Gasteiger partial charge >= 0.3 is 0 Å². The van der Waals surface area contributed by atoms with Gasteiger partial charge in [0.15, 0.2) is 0 Å². The summed E-state index contributed by atoms with van der Waals surface area (Å²) >= 11 is 42.2. The van der Waals surface area contributed by atoms with E-state index in [9.17, 15) is 4.57 Å². The predicted molar refractivity (Wildman–Crippen MR) is 95.7 cm³/mol. The number of halogens is 7. The third-order valence-electron chi connectivity index (χ3n) is 2.54. The van der Waals surface area contributed by atoms with Gasteiger partial charge in [-0.1, -0.05) is 69.6 Å². The highest BCUT2D eigenvalue weighted by atomic mass is 35.7. The van der Waals surface area contributed by atoms with E-state index in [1.807, 2.05) is 0 Å². The zero-order chi connectivity index (χ0) is 15.9. The van der Waals surface area contributed by atoms with Crippen LogP contribution in [-0.4, -0.2) is 0 Å². The fourth-order valence-electron chi connectivity index (χ4n) is 1.73. The summed E-state index contributed by atoms with van der Waals surface area (Å²) in [4.78, 5) is 0. The fourth-order valence-corrected chi connectivity index (χ4v) is 7.99. The third kappa shape index (κ3) is 3.62. The highest BCUT2D eigenvalue weighted by molar-refractivity contribution is 8.01. The topological polar surface area (TPSA) is 17.1 Å². The van der Waals surface area contributed by atoms with Crippen molar-refractivity contribution < 1.29 is 4.57 Å². The lowest BCUT2D eigenvalue weighted by Gasteiger charge is -2.17. The summed E-state index contributed by atoms with van der Waals surface area (Å²) in [7, 11) is 0. The SMILES string of the molecule is O=P(Cl)(c1c(Cl)cc(Cl)cc1Cl)c1c(Cl)cc(Cl)cc1Cl. The van der Waals surface area contributed by atoms with Crippen molar-refractivity contribution in [2.24, 2.45) is 0 Å². The number of benzene rings is 2. The van der Waals surface area contributed by atoms with Crippen LogP contribution in [0.15, 0.2) is 24.3 Å². The first kappa shape index (κ1) is 18.0. The van der Waals surface area contributed by atoms with Crippen molar-refractivity contribution in [3.8, 4) is 0 Å². The van der Waals surface area contributed by atoms with Crippen LogP contribution in [0.25, 0.3) is 0 Å². The molecule has 9 heteroatoms. The Kier molecular flexibility index (Phi) is 5.73. The molecular weight excluding hydrogens is 439 g/mol. The Morgan fingerprint density at radius 1 is 0.619 bits per heavy atom. The molecule has 1 nitrogen and oxygen atoms in total.